The molecule has 0 unspecified atom stereocenters. The van der Waals surface area contributed by atoms with E-state index in [1.807, 2.05) is 45.9 Å². The Kier molecular flexibility index (Phi) is 8.51. The van der Waals surface area contributed by atoms with Crippen LogP contribution < -0.4 is 4.31 Å². The van der Waals surface area contributed by atoms with E-state index in [4.69, 9.17) is 9.47 Å². The van der Waals surface area contributed by atoms with Crippen LogP contribution in [0, 0.1) is 6.92 Å². The smallest absolute Gasteiger partial charge is 0.410 e. The number of esters is 1. The molecule has 2 aliphatic rings. The SMILES string of the molecule is COC(=O)c1ccc(CN(c2cccc(C)c2)S(=O)(=O)C2CCN(C3CN(C(=O)OC(C)(C)C)C3)CC2)nc1. The van der Waals surface area contributed by atoms with Crippen LogP contribution in [0.4, 0.5) is 10.5 Å². The van der Waals surface area contributed by atoms with E-state index in [1.54, 1.807) is 23.1 Å². The van der Waals surface area contributed by atoms with Crippen LogP contribution in [-0.4, -0.2) is 85.4 Å². The lowest BCUT2D eigenvalue weighted by atomic mass is 10.0. The molecule has 0 N–H and O–H groups in total. The number of likely N-dealkylation sites (tertiary alicyclic amines) is 2. The number of carbonyl (C=O) groups excluding carboxylic acids is 2. The summed E-state index contributed by atoms with van der Waals surface area (Å²) in [6.07, 6.45) is 2.10. The zero-order valence-electron chi connectivity index (χ0n) is 23.3. The van der Waals surface area contributed by atoms with Crippen molar-refractivity contribution in [1.29, 1.82) is 0 Å². The van der Waals surface area contributed by atoms with Gasteiger partial charge in [0.25, 0.3) is 0 Å². The number of aromatic nitrogens is 1. The molecule has 0 saturated carbocycles. The lowest BCUT2D eigenvalue weighted by Gasteiger charge is -2.47. The summed E-state index contributed by atoms with van der Waals surface area (Å²) in [5.74, 6) is -0.496. The Balaban J connectivity index is 1.43. The van der Waals surface area contributed by atoms with Gasteiger partial charge in [-0.05, 0) is 83.5 Å². The van der Waals surface area contributed by atoms with Gasteiger partial charge < -0.3 is 14.4 Å². The number of nitrogens with zero attached hydrogens (tertiary/aromatic N) is 4. The molecule has 0 atom stereocenters. The summed E-state index contributed by atoms with van der Waals surface area (Å²) >= 11 is 0. The number of amides is 1. The van der Waals surface area contributed by atoms with E-state index in [-0.39, 0.29) is 18.7 Å². The minimum absolute atomic E-state index is 0.0565. The van der Waals surface area contributed by atoms with Gasteiger partial charge >= 0.3 is 12.1 Å². The maximum atomic E-state index is 14.0. The molecule has 0 aliphatic carbocycles. The van der Waals surface area contributed by atoms with Crippen molar-refractivity contribution in [1.82, 2.24) is 14.8 Å². The molecular formula is C28H38N4O6S. The second-order valence-corrected chi connectivity index (χ2v) is 13.3. The van der Waals surface area contributed by atoms with Gasteiger partial charge in [-0.15, -0.1) is 0 Å². The standard InChI is InChI=1S/C28H38N4O6S/c1-20-7-6-8-23(15-20)32(17-22-10-9-21(16-29-22)26(33)37-5)39(35,36)25-11-13-30(14-12-25)24-18-31(19-24)27(34)38-28(2,3)4/h6-10,15-16,24-25H,11-14,17-19H2,1-5H3. The molecule has 0 bridgehead atoms. The minimum Gasteiger partial charge on any atom is -0.465 e. The number of rotatable bonds is 7. The van der Waals surface area contributed by atoms with Crippen molar-refractivity contribution in [3.8, 4) is 0 Å². The lowest BCUT2D eigenvalue weighted by molar-refractivity contribution is -0.0184. The van der Waals surface area contributed by atoms with Crippen LogP contribution in [0.2, 0.25) is 0 Å². The first kappa shape index (κ1) is 28.8. The van der Waals surface area contributed by atoms with Gasteiger partial charge in [-0.3, -0.25) is 14.2 Å². The molecule has 1 aromatic carbocycles. The molecule has 2 fully saturated rings. The van der Waals surface area contributed by atoms with E-state index in [1.165, 1.54) is 17.6 Å². The number of methoxy groups -OCH3 is 1. The van der Waals surface area contributed by atoms with Crippen molar-refractivity contribution in [3.05, 3.63) is 59.4 Å². The number of hydrogen-bond donors (Lipinski definition) is 0. The van der Waals surface area contributed by atoms with Gasteiger partial charge in [0, 0.05) is 25.3 Å². The van der Waals surface area contributed by atoms with Crippen molar-refractivity contribution in [3.63, 3.8) is 0 Å². The van der Waals surface area contributed by atoms with E-state index in [0.29, 0.717) is 56.0 Å². The van der Waals surface area contributed by atoms with Crippen LogP contribution in [-0.2, 0) is 26.0 Å². The Bertz CT molecular complexity index is 1280. The van der Waals surface area contributed by atoms with Crippen LogP contribution in [0.5, 0.6) is 0 Å². The molecule has 212 valence electrons. The number of ether oxygens (including phenoxy) is 2. The van der Waals surface area contributed by atoms with Crippen molar-refractivity contribution in [2.45, 2.75) is 64.0 Å². The van der Waals surface area contributed by atoms with Gasteiger partial charge in [0.1, 0.15) is 5.60 Å². The van der Waals surface area contributed by atoms with Crippen LogP contribution >= 0.6 is 0 Å². The van der Waals surface area contributed by atoms with E-state index in [2.05, 4.69) is 9.88 Å². The van der Waals surface area contributed by atoms with Gasteiger partial charge in [-0.2, -0.15) is 0 Å². The maximum absolute atomic E-state index is 14.0. The first-order chi connectivity index (χ1) is 18.4. The second kappa shape index (κ2) is 11.5. The predicted molar refractivity (Wildman–Crippen MR) is 148 cm³/mol. The zero-order valence-corrected chi connectivity index (χ0v) is 24.1. The summed E-state index contributed by atoms with van der Waals surface area (Å²) in [4.78, 5) is 32.4. The molecule has 11 heteroatoms. The van der Waals surface area contributed by atoms with E-state index >= 15 is 0 Å². The summed E-state index contributed by atoms with van der Waals surface area (Å²) in [5, 5.41) is -0.536. The van der Waals surface area contributed by atoms with Crippen LogP contribution in [0.25, 0.3) is 0 Å². The molecule has 1 amide bonds. The lowest BCUT2D eigenvalue weighted by Crippen LogP contribution is -2.63. The van der Waals surface area contributed by atoms with Gasteiger partial charge in [0.05, 0.1) is 35.8 Å². The highest BCUT2D eigenvalue weighted by molar-refractivity contribution is 7.93. The predicted octanol–water partition coefficient (Wildman–Crippen LogP) is 3.60. The highest BCUT2D eigenvalue weighted by Gasteiger charge is 2.41. The van der Waals surface area contributed by atoms with E-state index in [0.717, 1.165) is 5.56 Å². The fourth-order valence-electron chi connectivity index (χ4n) is 4.90. The van der Waals surface area contributed by atoms with Crippen LogP contribution in [0.15, 0.2) is 42.6 Å². The van der Waals surface area contributed by atoms with Gasteiger partial charge in [0.2, 0.25) is 10.0 Å². The summed E-state index contributed by atoms with van der Waals surface area (Å²) in [7, 11) is -2.41. The Hall–Kier alpha value is -3.18. The molecule has 3 heterocycles. The minimum atomic E-state index is -3.72. The van der Waals surface area contributed by atoms with Crippen molar-refractivity contribution in [2.75, 3.05) is 37.6 Å². The van der Waals surface area contributed by atoms with Crippen molar-refractivity contribution < 1.29 is 27.5 Å². The molecule has 0 spiro atoms. The first-order valence-corrected chi connectivity index (χ1v) is 14.7. The quantitative estimate of drug-likeness (QED) is 0.475. The summed E-state index contributed by atoms with van der Waals surface area (Å²) in [6, 6.07) is 10.9. The van der Waals surface area contributed by atoms with Crippen LogP contribution in [0.3, 0.4) is 0 Å². The highest BCUT2D eigenvalue weighted by atomic mass is 32.2. The fraction of sp³-hybridized carbons (Fsp3) is 0.536. The third kappa shape index (κ3) is 6.88. The number of carbonyl (C=O) groups is 2. The third-order valence-corrected chi connectivity index (χ3v) is 9.34. The maximum Gasteiger partial charge on any atom is 0.410 e. The summed E-state index contributed by atoms with van der Waals surface area (Å²) < 4.78 is 39.6. The first-order valence-electron chi connectivity index (χ1n) is 13.2. The van der Waals surface area contributed by atoms with Crippen LogP contribution in [0.1, 0.15) is 55.2 Å². The summed E-state index contributed by atoms with van der Waals surface area (Å²) in [6.45, 7) is 10.00. The summed E-state index contributed by atoms with van der Waals surface area (Å²) in [5.41, 5.74) is 1.85. The highest BCUT2D eigenvalue weighted by Crippen LogP contribution is 2.30. The molecule has 39 heavy (non-hydrogen) atoms. The van der Waals surface area contributed by atoms with Gasteiger partial charge in [0.15, 0.2) is 0 Å². The number of benzene rings is 1. The largest absolute Gasteiger partial charge is 0.465 e. The molecule has 2 aromatic rings. The number of aryl methyl sites for hydroxylation is 1. The average Bonchev–Trinajstić information content (AvgIpc) is 2.85. The monoisotopic (exact) mass is 558 g/mol. The van der Waals surface area contributed by atoms with Crippen molar-refractivity contribution >= 4 is 27.8 Å². The van der Waals surface area contributed by atoms with Crippen molar-refractivity contribution in [2.24, 2.45) is 0 Å². The number of hydrogen-bond acceptors (Lipinski definition) is 8. The van der Waals surface area contributed by atoms with E-state index in [9.17, 15) is 18.0 Å². The molecule has 10 nitrogen and oxygen atoms in total. The second-order valence-electron chi connectivity index (χ2n) is 11.2. The number of pyridine rings is 1. The molecule has 1 aromatic heterocycles. The third-order valence-electron chi connectivity index (χ3n) is 7.08. The number of anilines is 1. The Morgan fingerprint density at radius 2 is 1.79 bits per heavy atom. The average molecular weight is 559 g/mol. The molecule has 2 aliphatic heterocycles. The normalized spacial score (nSPS) is 17.4. The molecule has 0 radical (unpaired) electrons. The topological polar surface area (TPSA) is 109 Å². The Morgan fingerprint density at radius 1 is 1.10 bits per heavy atom. The molecule has 4 rings (SSSR count). The van der Waals surface area contributed by atoms with E-state index < -0.39 is 26.8 Å². The molecule has 2 saturated heterocycles. The number of piperidine rings is 1. The molecular weight excluding hydrogens is 520 g/mol. The van der Waals surface area contributed by atoms with Gasteiger partial charge in [-0.25, -0.2) is 18.0 Å². The number of sulfonamides is 1. The fourth-order valence-corrected chi connectivity index (χ4v) is 6.78. The Morgan fingerprint density at radius 3 is 2.36 bits per heavy atom. The zero-order chi connectivity index (χ0) is 28.4. The Labute approximate surface area is 230 Å². The van der Waals surface area contributed by atoms with Gasteiger partial charge in [-0.1, -0.05) is 12.1 Å².